The Morgan fingerprint density at radius 2 is 1.77 bits per heavy atom. The number of carbonyl (C=O) groups excluding carboxylic acids is 2. The Morgan fingerprint density at radius 1 is 1.03 bits per heavy atom. The first-order chi connectivity index (χ1) is 14.6. The summed E-state index contributed by atoms with van der Waals surface area (Å²) in [6, 6.07) is 19.8. The van der Waals surface area contributed by atoms with E-state index < -0.39 is 0 Å². The van der Waals surface area contributed by atoms with E-state index >= 15 is 0 Å². The van der Waals surface area contributed by atoms with E-state index in [2.05, 4.69) is 22.5 Å². The van der Waals surface area contributed by atoms with E-state index in [1.807, 2.05) is 54.3 Å². The summed E-state index contributed by atoms with van der Waals surface area (Å²) in [6.07, 6.45) is 1.95. The van der Waals surface area contributed by atoms with Crippen LogP contribution < -0.4 is 5.32 Å². The Hall–Kier alpha value is -3.41. The minimum atomic E-state index is -0.216. The topological polar surface area (TPSA) is 67.2 Å². The third-order valence-electron chi connectivity index (χ3n) is 5.46. The lowest BCUT2D eigenvalue weighted by atomic mass is 9.99. The number of hydrogen-bond donors (Lipinski definition) is 1. The second-order valence-electron chi connectivity index (χ2n) is 7.61. The molecule has 0 unspecified atom stereocenters. The number of fused-ring (bicyclic) bond motifs is 1. The van der Waals surface area contributed by atoms with Gasteiger partial charge in [-0.25, -0.2) is 4.68 Å². The summed E-state index contributed by atoms with van der Waals surface area (Å²) in [5.74, 6) is -0.0740. The van der Waals surface area contributed by atoms with Crippen LogP contribution in [0.4, 0.5) is 0 Å². The zero-order valence-electron chi connectivity index (χ0n) is 17.2. The van der Waals surface area contributed by atoms with Gasteiger partial charge >= 0.3 is 0 Å². The van der Waals surface area contributed by atoms with E-state index in [0.29, 0.717) is 31.6 Å². The molecular formula is C24H26N4O2. The van der Waals surface area contributed by atoms with Gasteiger partial charge in [-0.1, -0.05) is 42.5 Å². The van der Waals surface area contributed by atoms with Crippen molar-refractivity contribution in [2.24, 2.45) is 0 Å². The molecule has 1 aliphatic rings. The maximum absolute atomic E-state index is 12.5. The summed E-state index contributed by atoms with van der Waals surface area (Å²) in [5.41, 5.74) is 4.76. The summed E-state index contributed by atoms with van der Waals surface area (Å²) in [5, 5.41) is 7.30. The van der Waals surface area contributed by atoms with Crippen LogP contribution >= 0.6 is 0 Å². The molecule has 6 heteroatoms. The van der Waals surface area contributed by atoms with E-state index in [-0.39, 0.29) is 11.8 Å². The van der Waals surface area contributed by atoms with Crippen LogP contribution in [0.15, 0.2) is 60.7 Å². The third-order valence-corrected chi connectivity index (χ3v) is 5.46. The molecule has 0 spiro atoms. The van der Waals surface area contributed by atoms with Crippen molar-refractivity contribution >= 4 is 11.8 Å². The van der Waals surface area contributed by atoms with Gasteiger partial charge in [0.15, 0.2) is 5.69 Å². The van der Waals surface area contributed by atoms with Crippen molar-refractivity contribution in [2.75, 3.05) is 13.1 Å². The van der Waals surface area contributed by atoms with Crippen LogP contribution in [0, 0.1) is 6.92 Å². The van der Waals surface area contributed by atoms with Gasteiger partial charge in [0.2, 0.25) is 5.91 Å². The van der Waals surface area contributed by atoms with Gasteiger partial charge in [-0.05, 0) is 49.1 Å². The highest BCUT2D eigenvalue weighted by molar-refractivity contribution is 5.92. The van der Waals surface area contributed by atoms with Gasteiger partial charge in [0, 0.05) is 31.7 Å². The Morgan fingerprint density at radius 3 is 2.57 bits per heavy atom. The number of aryl methyl sites for hydroxylation is 1. The van der Waals surface area contributed by atoms with Gasteiger partial charge < -0.3 is 10.2 Å². The monoisotopic (exact) mass is 402 g/mol. The molecule has 30 heavy (non-hydrogen) atoms. The summed E-state index contributed by atoms with van der Waals surface area (Å²) in [4.78, 5) is 26.9. The van der Waals surface area contributed by atoms with Gasteiger partial charge in [-0.3, -0.25) is 9.59 Å². The molecule has 0 atom stereocenters. The maximum atomic E-state index is 12.5. The number of para-hydroxylation sites is 1. The molecule has 0 saturated carbocycles. The quantitative estimate of drug-likeness (QED) is 0.644. The van der Waals surface area contributed by atoms with Crippen molar-refractivity contribution in [3.8, 4) is 5.69 Å². The van der Waals surface area contributed by atoms with Crippen molar-refractivity contribution in [3.63, 3.8) is 0 Å². The minimum absolute atomic E-state index is 0.142. The molecule has 0 bridgehead atoms. The first kappa shape index (κ1) is 19.9. The lowest BCUT2D eigenvalue weighted by Crippen LogP contribution is -2.36. The van der Waals surface area contributed by atoms with E-state index in [9.17, 15) is 9.59 Å². The molecule has 2 amide bonds. The standard InChI is InChI=1S/C24H26N4O2/c1-18-16-22(26-28(18)21-10-3-2-4-11-21)24(30)25-14-7-12-23(29)27-15-13-19-8-5-6-9-20(19)17-27/h2-6,8-11,16H,7,12-15,17H2,1H3,(H,25,30). The van der Waals surface area contributed by atoms with Crippen LogP contribution in [-0.2, 0) is 17.8 Å². The predicted octanol–water partition coefficient (Wildman–Crippen LogP) is 3.28. The molecule has 2 heterocycles. The highest BCUT2D eigenvalue weighted by atomic mass is 16.2. The SMILES string of the molecule is Cc1cc(C(=O)NCCCC(=O)N2CCc3ccccc3C2)nn1-c1ccccc1. The number of rotatable bonds is 6. The van der Waals surface area contributed by atoms with Crippen LogP contribution in [0.25, 0.3) is 5.69 Å². The average Bonchev–Trinajstić information content (AvgIpc) is 3.18. The fraction of sp³-hybridized carbons (Fsp3) is 0.292. The Kier molecular flexibility index (Phi) is 5.93. The highest BCUT2D eigenvalue weighted by Crippen LogP contribution is 2.19. The summed E-state index contributed by atoms with van der Waals surface area (Å²) in [7, 11) is 0. The molecule has 154 valence electrons. The van der Waals surface area contributed by atoms with E-state index in [4.69, 9.17) is 0 Å². The smallest absolute Gasteiger partial charge is 0.271 e. The van der Waals surface area contributed by atoms with Crippen molar-refractivity contribution in [1.29, 1.82) is 0 Å². The number of aromatic nitrogens is 2. The van der Waals surface area contributed by atoms with Crippen LogP contribution in [0.5, 0.6) is 0 Å². The van der Waals surface area contributed by atoms with Gasteiger partial charge in [0.1, 0.15) is 0 Å². The second-order valence-corrected chi connectivity index (χ2v) is 7.61. The number of benzene rings is 2. The van der Waals surface area contributed by atoms with Crippen molar-refractivity contribution in [3.05, 3.63) is 83.2 Å². The molecule has 0 saturated heterocycles. The molecule has 1 aromatic heterocycles. The molecule has 6 nitrogen and oxygen atoms in total. The van der Waals surface area contributed by atoms with Crippen LogP contribution in [-0.4, -0.2) is 39.6 Å². The van der Waals surface area contributed by atoms with E-state index in [0.717, 1.165) is 24.3 Å². The number of nitrogens with one attached hydrogen (secondary N) is 1. The molecule has 3 aromatic rings. The first-order valence-electron chi connectivity index (χ1n) is 10.4. The number of amides is 2. The zero-order valence-corrected chi connectivity index (χ0v) is 17.2. The Labute approximate surface area is 176 Å². The maximum Gasteiger partial charge on any atom is 0.271 e. The zero-order chi connectivity index (χ0) is 20.9. The van der Waals surface area contributed by atoms with Crippen molar-refractivity contribution in [1.82, 2.24) is 20.0 Å². The molecule has 1 N–H and O–H groups in total. The lowest BCUT2D eigenvalue weighted by molar-refractivity contribution is -0.132. The van der Waals surface area contributed by atoms with Crippen molar-refractivity contribution in [2.45, 2.75) is 32.7 Å². The summed E-state index contributed by atoms with van der Waals surface area (Å²) >= 11 is 0. The molecule has 4 rings (SSSR count). The van der Waals surface area contributed by atoms with Gasteiger partial charge in [0.05, 0.1) is 5.69 Å². The fourth-order valence-electron chi connectivity index (χ4n) is 3.81. The number of hydrogen-bond acceptors (Lipinski definition) is 3. The highest BCUT2D eigenvalue weighted by Gasteiger charge is 2.20. The first-order valence-corrected chi connectivity index (χ1v) is 10.4. The third kappa shape index (κ3) is 4.43. The van der Waals surface area contributed by atoms with Gasteiger partial charge in [0.25, 0.3) is 5.91 Å². The van der Waals surface area contributed by atoms with Gasteiger partial charge in [-0.15, -0.1) is 0 Å². The normalized spacial score (nSPS) is 13.0. The van der Waals surface area contributed by atoms with Crippen LogP contribution in [0.2, 0.25) is 0 Å². The molecule has 0 fully saturated rings. The largest absolute Gasteiger partial charge is 0.351 e. The molecule has 1 aliphatic heterocycles. The molecular weight excluding hydrogens is 376 g/mol. The molecule has 0 radical (unpaired) electrons. The van der Waals surface area contributed by atoms with Crippen molar-refractivity contribution < 1.29 is 9.59 Å². The lowest BCUT2D eigenvalue weighted by Gasteiger charge is -2.29. The number of nitrogens with zero attached hydrogens (tertiary/aromatic N) is 3. The van der Waals surface area contributed by atoms with E-state index in [1.54, 1.807) is 10.7 Å². The summed E-state index contributed by atoms with van der Waals surface area (Å²) in [6.45, 7) is 3.81. The molecule has 2 aromatic carbocycles. The number of carbonyl (C=O) groups is 2. The van der Waals surface area contributed by atoms with E-state index in [1.165, 1.54) is 11.1 Å². The Bertz CT molecular complexity index is 1040. The average molecular weight is 402 g/mol. The minimum Gasteiger partial charge on any atom is -0.351 e. The fourth-order valence-corrected chi connectivity index (χ4v) is 3.81. The summed E-state index contributed by atoms with van der Waals surface area (Å²) < 4.78 is 1.76. The Balaban J connectivity index is 1.25. The predicted molar refractivity (Wildman–Crippen MR) is 115 cm³/mol. The van der Waals surface area contributed by atoms with Gasteiger partial charge in [-0.2, -0.15) is 5.10 Å². The second kappa shape index (κ2) is 8.95. The van der Waals surface area contributed by atoms with Crippen LogP contribution in [0.3, 0.4) is 0 Å². The van der Waals surface area contributed by atoms with Crippen LogP contribution in [0.1, 0.15) is 40.2 Å². The molecule has 0 aliphatic carbocycles.